The standard InChI is InChI=1S/C19H20N4O/c1-2-5-14-11-16(10-13(14)4-1)23-19(17-6-3-8-20-17)21-18(22-23)15-7-9-24-12-15/h1-6,8,15-16,20H,7,9-12H2/t15-/m0/s1. The highest BCUT2D eigenvalue weighted by atomic mass is 16.5. The van der Waals surface area contributed by atoms with E-state index in [1.165, 1.54) is 11.1 Å². The lowest BCUT2D eigenvalue weighted by Crippen LogP contribution is -2.13. The number of benzene rings is 1. The van der Waals surface area contributed by atoms with Gasteiger partial charge in [0.25, 0.3) is 0 Å². The molecule has 24 heavy (non-hydrogen) atoms. The predicted molar refractivity (Wildman–Crippen MR) is 90.9 cm³/mol. The molecular formula is C19H20N4O. The second-order valence-electron chi connectivity index (χ2n) is 6.71. The van der Waals surface area contributed by atoms with E-state index in [-0.39, 0.29) is 0 Å². The van der Waals surface area contributed by atoms with Gasteiger partial charge in [0.05, 0.1) is 18.3 Å². The van der Waals surface area contributed by atoms with Crippen molar-refractivity contribution < 1.29 is 4.74 Å². The Bertz CT molecular complexity index is 821. The Balaban J connectivity index is 1.55. The predicted octanol–water partition coefficient (Wildman–Crippen LogP) is 3.12. The van der Waals surface area contributed by atoms with Crippen LogP contribution in [0.4, 0.5) is 0 Å². The van der Waals surface area contributed by atoms with Crippen molar-refractivity contribution in [1.29, 1.82) is 0 Å². The maximum atomic E-state index is 5.53. The van der Waals surface area contributed by atoms with Gasteiger partial charge in [-0.05, 0) is 42.5 Å². The normalized spacial score (nSPS) is 20.6. The average molecular weight is 320 g/mol. The van der Waals surface area contributed by atoms with Crippen LogP contribution >= 0.6 is 0 Å². The maximum Gasteiger partial charge on any atom is 0.175 e. The lowest BCUT2D eigenvalue weighted by molar-refractivity contribution is 0.193. The zero-order valence-electron chi connectivity index (χ0n) is 13.5. The van der Waals surface area contributed by atoms with E-state index < -0.39 is 0 Å². The first-order chi connectivity index (χ1) is 11.9. The van der Waals surface area contributed by atoms with Gasteiger partial charge >= 0.3 is 0 Å². The van der Waals surface area contributed by atoms with Gasteiger partial charge in [-0.2, -0.15) is 5.10 Å². The van der Waals surface area contributed by atoms with Gasteiger partial charge in [-0.25, -0.2) is 9.67 Å². The van der Waals surface area contributed by atoms with Gasteiger partial charge < -0.3 is 9.72 Å². The largest absolute Gasteiger partial charge is 0.381 e. The van der Waals surface area contributed by atoms with Gasteiger partial charge in [0.1, 0.15) is 0 Å². The van der Waals surface area contributed by atoms with E-state index in [1.54, 1.807) is 0 Å². The van der Waals surface area contributed by atoms with Gasteiger partial charge in [0.15, 0.2) is 11.6 Å². The van der Waals surface area contributed by atoms with Crippen LogP contribution in [0.15, 0.2) is 42.6 Å². The molecule has 1 saturated heterocycles. The molecule has 0 amide bonds. The number of hydrogen-bond acceptors (Lipinski definition) is 3. The fourth-order valence-corrected chi connectivity index (χ4v) is 3.87. The van der Waals surface area contributed by atoms with Gasteiger partial charge in [-0.15, -0.1) is 0 Å². The third-order valence-electron chi connectivity index (χ3n) is 5.16. The van der Waals surface area contributed by atoms with Crippen molar-refractivity contribution in [2.24, 2.45) is 0 Å². The molecule has 3 aromatic rings. The minimum absolute atomic E-state index is 0.323. The minimum Gasteiger partial charge on any atom is -0.381 e. The Kier molecular flexibility index (Phi) is 3.26. The van der Waals surface area contributed by atoms with Crippen molar-refractivity contribution in [3.63, 3.8) is 0 Å². The Morgan fingerprint density at radius 1 is 1.08 bits per heavy atom. The summed E-state index contributed by atoms with van der Waals surface area (Å²) in [7, 11) is 0. The van der Waals surface area contributed by atoms with Crippen molar-refractivity contribution in [3.05, 3.63) is 59.5 Å². The second kappa shape index (κ2) is 5.60. The molecule has 5 heteroatoms. The SMILES string of the molecule is c1c[nH]c(-c2nc([C@H]3CCOC3)nn2C2Cc3ccccc3C2)c1. The van der Waals surface area contributed by atoms with E-state index in [0.717, 1.165) is 49.8 Å². The molecule has 0 bridgehead atoms. The number of rotatable bonds is 3. The number of nitrogens with one attached hydrogen (secondary N) is 1. The van der Waals surface area contributed by atoms with Crippen LogP contribution in [0.1, 0.15) is 35.3 Å². The zero-order valence-corrected chi connectivity index (χ0v) is 13.5. The van der Waals surface area contributed by atoms with Crippen molar-refractivity contribution >= 4 is 0 Å². The molecule has 122 valence electrons. The first-order valence-corrected chi connectivity index (χ1v) is 8.63. The van der Waals surface area contributed by atoms with Gasteiger partial charge in [0.2, 0.25) is 0 Å². The lowest BCUT2D eigenvalue weighted by atomic mass is 10.1. The summed E-state index contributed by atoms with van der Waals surface area (Å²) in [5.74, 6) is 2.19. The average Bonchev–Trinajstić information content (AvgIpc) is 3.40. The smallest absolute Gasteiger partial charge is 0.175 e. The minimum atomic E-state index is 0.323. The summed E-state index contributed by atoms with van der Waals surface area (Å²) in [5, 5.41) is 4.92. The van der Waals surface area contributed by atoms with E-state index in [1.807, 2.05) is 12.3 Å². The molecule has 0 spiro atoms. The molecule has 0 saturated carbocycles. The molecule has 1 fully saturated rings. The molecule has 5 rings (SSSR count). The van der Waals surface area contributed by atoms with Gasteiger partial charge in [-0.3, -0.25) is 0 Å². The summed E-state index contributed by atoms with van der Waals surface area (Å²) in [4.78, 5) is 8.17. The van der Waals surface area contributed by atoms with Crippen molar-refractivity contribution in [2.45, 2.75) is 31.2 Å². The van der Waals surface area contributed by atoms with Crippen molar-refractivity contribution in [2.75, 3.05) is 13.2 Å². The fourth-order valence-electron chi connectivity index (χ4n) is 3.87. The molecule has 2 aliphatic rings. The van der Waals surface area contributed by atoms with Crippen LogP contribution in [0.2, 0.25) is 0 Å². The Labute approximate surface area is 140 Å². The summed E-state index contributed by atoms with van der Waals surface area (Å²) < 4.78 is 7.67. The summed E-state index contributed by atoms with van der Waals surface area (Å²) in [5.41, 5.74) is 3.89. The van der Waals surface area contributed by atoms with Crippen molar-refractivity contribution in [1.82, 2.24) is 19.7 Å². The number of nitrogens with zero attached hydrogens (tertiary/aromatic N) is 3. The Morgan fingerprint density at radius 3 is 2.58 bits per heavy atom. The van der Waals surface area contributed by atoms with Crippen LogP contribution in [0.3, 0.4) is 0 Å². The highest BCUT2D eigenvalue weighted by Crippen LogP contribution is 2.33. The molecule has 1 N–H and O–H groups in total. The van der Waals surface area contributed by atoms with Crippen LogP contribution in [-0.4, -0.2) is 33.0 Å². The fraction of sp³-hybridized carbons (Fsp3) is 0.368. The third-order valence-corrected chi connectivity index (χ3v) is 5.16. The van der Waals surface area contributed by atoms with Crippen molar-refractivity contribution in [3.8, 4) is 11.5 Å². The first kappa shape index (κ1) is 14.0. The molecular weight excluding hydrogens is 300 g/mol. The molecule has 0 radical (unpaired) electrons. The van der Waals surface area contributed by atoms with E-state index in [4.69, 9.17) is 14.8 Å². The number of aromatic amines is 1. The highest BCUT2D eigenvalue weighted by molar-refractivity contribution is 5.50. The lowest BCUT2D eigenvalue weighted by Gasteiger charge is -2.12. The highest BCUT2D eigenvalue weighted by Gasteiger charge is 2.29. The maximum absolute atomic E-state index is 5.53. The monoisotopic (exact) mass is 320 g/mol. The Morgan fingerprint density at radius 2 is 1.92 bits per heavy atom. The van der Waals surface area contributed by atoms with E-state index in [2.05, 4.69) is 40.0 Å². The van der Waals surface area contributed by atoms with Gasteiger partial charge in [0, 0.05) is 18.7 Å². The summed E-state index contributed by atoms with van der Waals surface area (Å²) >= 11 is 0. The summed E-state index contributed by atoms with van der Waals surface area (Å²) in [6.45, 7) is 1.55. The first-order valence-electron chi connectivity index (χ1n) is 8.63. The van der Waals surface area contributed by atoms with Crippen LogP contribution in [-0.2, 0) is 17.6 Å². The Hall–Kier alpha value is -2.40. The molecule has 3 heterocycles. The third kappa shape index (κ3) is 2.27. The summed E-state index contributed by atoms with van der Waals surface area (Å²) in [6, 6.07) is 13.1. The zero-order chi connectivity index (χ0) is 15.9. The topological polar surface area (TPSA) is 55.7 Å². The quantitative estimate of drug-likeness (QED) is 0.807. The number of hydrogen-bond donors (Lipinski definition) is 1. The molecule has 2 aromatic heterocycles. The molecule has 1 aliphatic heterocycles. The van der Waals surface area contributed by atoms with E-state index >= 15 is 0 Å². The molecule has 1 atom stereocenters. The molecule has 1 aromatic carbocycles. The van der Waals surface area contributed by atoms with Crippen LogP contribution < -0.4 is 0 Å². The number of fused-ring (bicyclic) bond motifs is 1. The van der Waals surface area contributed by atoms with E-state index in [9.17, 15) is 0 Å². The summed E-state index contributed by atoms with van der Waals surface area (Å²) in [6.07, 6.45) is 5.00. The number of H-pyrrole nitrogens is 1. The molecule has 5 nitrogen and oxygen atoms in total. The van der Waals surface area contributed by atoms with Crippen LogP contribution in [0.25, 0.3) is 11.5 Å². The molecule has 0 unspecified atom stereocenters. The number of ether oxygens (including phenoxy) is 1. The second-order valence-corrected chi connectivity index (χ2v) is 6.71. The molecule has 1 aliphatic carbocycles. The van der Waals surface area contributed by atoms with E-state index in [0.29, 0.717) is 12.0 Å². The van der Waals surface area contributed by atoms with Crippen LogP contribution in [0, 0.1) is 0 Å². The van der Waals surface area contributed by atoms with Crippen LogP contribution in [0.5, 0.6) is 0 Å². The van der Waals surface area contributed by atoms with Gasteiger partial charge in [-0.1, -0.05) is 24.3 Å². The number of aromatic nitrogens is 4.